The maximum absolute atomic E-state index is 12.5. The van der Waals surface area contributed by atoms with Gasteiger partial charge >= 0.3 is 6.18 Å². The SMILES string of the molecule is CCc1nc(Cn2nc(C(F)(F)F)ccc2=O)no1. The highest BCUT2D eigenvalue weighted by atomic mass is 19.4. The van der Waals surface area contributed by atoms with Crippen molar-refractivity contribution in [3.05, 3.63) is 39.9 Å². The smallest absolute Gasteiger partial charge is 0.339 e. The first kappa shape index (κ1) is 13.2. The molecule has 0 fully saturated rings. The van der Waals surface area contributed by atoms with Crippen LogP contribution in [0.25, 0.3) is 0 Å². The average Bonchev–Trinajstić information content (AvgIpc) is 2.78. The van der Waals surface area contributed by atoms with Gasteiger partial charge in [-0.3, -0.25) is 4.79 Å². The zero-order valence-corrected chi connectivity index (χ0v) is 9.81. The zero-order valence-electron chi connectivity index (χ0n) is 9.81. The topological polar surface area (TPSA) is 73.8 Å². The summed E-state index contributed by atoms with van der Waals surface area (Å²) in [5, 5.41) is 6.78. The van der Waals surface area contributed by atoms with E-state index in [-0.39, 0.29) is 12.4 Å². The van der Waals surface area contributed by atoms with Crippen LogP contribution >= 0.6 is 0 Å². The Kier molecular flexibility index (Phi) is 3.36. The predicted octanol–water partition coefficient (Wildman–Crippen LogP) is 1.26. The number of rotatable bonds is 3. The van der Waals surface area contributed by atoms with Crippen LogP contribution in [0.3, 0.4) is 0 Å². The van der Waals surface area contributed by atoms with Gasteiger partial charge in [0.1, 0.15) is 6.54 Å². The fourth-order valence-corrected chi connectivity index (χ4v) is 1.35. The van der Waals surface area contributed by atoms with E-state index in [0.717, 1.165) is 6.07 Å². The van der Waals surface area contributed by atoms with Gasteiger partial charge in [-0.2, -0.15) is 23.3 Å². The first-order chi connectivity index (χ1) is 8.90. The van der Waals surface area contributed by atoms with Crippen LogP contribution in [-0.4, -0.2) is 19.9 Å². The monoisotopic (exact) mass is 274 g/mol. The van der Waals surface area contributed by atoms with E-state index >= 15 is 0 Å². The Morgan fingerprint density at radius 1 is 1.37 bits per heavy atom. The predicted molar refractivity (Wildman–Crippen MR) is 56.3 cm³/mol. The molecule has 0 atom stereocenters. The van der Waals surface area contributed by atoms with E-state index in [2.05, 4.69) is 15.2 Å². The molecule has 6 nitrogen and oxygen atoms in total. The Hall–Kier alpha value is -2.19. The van der Waals surface area contributed by atoms with E-state index in [9.17, 15) is 18.0 Å². The Morgan fingerprint density at radius 2 is 2.11 bits per heavy atom. The third-order valence-corrected chi connectivity index (χ3v) is 2.26. The summed E-state index contributed by atoms with van der Waals surface area (Å²) in [6.45, 7) is 1.51. The molecule has 0 spiro atoms. The summed E-state index contributed by atoms with van der Waals surface area (Å²) >= 11 is 0. The lowest BCUT2D eigenvalue weighted by Crippen LogP contribution is -2.26. The van der Waals surface area contributed by atoms with Gasteiger partial charge in [-0.05, 0) is 6.07 Å². The summed E-state index contributed by atoms with van der Waals surface area (Å²) in [4.78, 5) is 15.3. The second-order valence-corrected chi connectivity index (χ2v) is 3.67. The lowest BCUT2D eigenvalue weighted by molar-refractivity contribution is -0.142. The number of nitrogens with zero attached hydrogens (tertiary/aromatic N) is 4. The number of alkyl halides is 3. The van der Waals surface area contributed by atoms with E-state index in [1.807, 2.05) is 0 Å². The largest absolute Gasteiger partial charge is 0.435 e. The van der Waals surface area contributed by atoms with Gasteiger partial charge in [0.25, 0.3) is 5.56 Å². The van der Waals surface area contributed by atoms with Gasteiger partial charge in [0.2, 0.25) is 5.89 Å². The third-order valence-electron chi connectivity index (χ3n) is 2.26. The van der Waals surface area contributed by atoms with E-state index in [1.165, 1.54) is 0 Å². The Bertz CT molecular complexity index is 632. The summed E-state index contributed by atoms with van der Waals surface area (Å²) in [6, 6.07) is 1.43. The molecule has 0 amide bonds. The third kappa shape index (κ3) is 2.98. The Balaban J connectivity index is 2.31. The number of hydrogen-bond donors (Lipinski definition) is 0. The van der Waals surface area contributed by atoms with Crippen LogP contribution in [0.5, 0.6) is 0 Å². The molecule has 0 aromatic carbocycles. The second-order valence-electron chi connectivity index (χ2n) is 3.67. The summed E-state index contributed by atoms with van der Waals surface area (Å²) in [5.41, 5.74) is -1.82. The van der Waals surface area contributed by atoms with Crippen molar-refractivity contribution in [1.29, 1.82) is 0 Å². The van der Waals surface area contributed by atoms with Crippen molar-refractivity contribution in [3.8, 4) is 0 Å². The van der Waals surface area contributed by atoms with E-state index < -0.39 is 17.4 Å². The van der Waals surface area contributed by atoms with Crippen LogP contribution in [0.4, 0.5) is 13.2 Å². The quantitative estimate of drug-likeness (QED) is 0.842. The summed E-state index contributed by atoms with van der Waals surface area (Å²) in [5.74, 6) is 0.445. The van der Waals surface area contributed by atoms with Crippen LogP contribution in [0, 0.1) is 0 Å². The second kappa shape index (κ2) is 4.82. The van der Waals surface area contributed by atoms with Gasteiger partial charge in [0.15, 0.2) is 11.5 Å². The molecule has 2 aromatic rings. The molecule has 0 saturated heterocycles. The molecule has 0 unspecified atom stereocenters. The number of aryl methyl sites for hydroxylation is 1. The Labute approximate surface area is 104 Å². The van der Waals surface area contributed by atoms with Gasteiger partial charge in [-0.15, -0.1) is 0 Å². The van der Waals surface area contributed by atoms with Gasteiger partial charge in [0.05, 0.1) is 0 Å². The molecule has 9 heteroatoms. The molecule has 0 aliphatic rings. The maximum Gasteiger partial charge on any atom is 0.435 e. The molecule has 0 saturated carbocycles. The molecule has 102 valence electrons. The van der Waals surface area contributed by atoms with Crippen LogP contribution in [0.1, 0.15) is 24.3 Å². The zero-order chi connectivity index (χ0) is 14.0. The van der Waals surface area contributed by atoms with Gasteiger partial charge in [-0.1, -0.05) is 12.1 Å². The molecule has 2 aromatic heterocycles. The van der Waals surface area contributed by atoms with Gasteiger partial charge < -0.3 is 4.52 Å². The van der Waals surface area contributed by atoms with Crippen molar-refractivity contribution in [2.24, 2.45) is 0 Å². The van der Waals surface area contributed by atoms with Crippen molar-refractivity contribution in [2.75, 3.05) is 0 Å². The van der Waals surface area contributed by atoms with Crippen molar-refractivity contribution < 1.29 is 17.7 Å². The minimum atomic E-state index is -4.61. The molecule has 0 aliphatic carbocycles. The number of halogens is 3. The fraction of sp³-hybridized carbons (Fsp3) is 0.400. The molecule has 0 N–H and O–H groups in total. The van der Waals surface area contributed by atoms with Crippen molar-refractivity contribution in [1.82, 2.24) is 19.9 Å². The molecule has 0 aliphatic heterocycles. The fourth-order valence-electron chi connectivity index (χ4n) is 1.35. The molecule has 2 rings (SSSR count). The molecule has 0 bridgehead atoms. The number of hydrogen-bond acceptors (Lipinski definition) is 5. The van der Waals surface area contributed by atoms with E-state index in [4.69, 9.17) is 4.52 Å². The highest BCUT2D eigenvalue weighted by Gasteiger charge is 2.33. The molecule has 19 heavy (non-hydrogen) atoms. The summed E-state index contributed by atoms with van der Waals surface area (Å²) < 4.78 is 42.9. The Morgan fingerprint density at radius 3 is 2.68 bits per heavy atom. The van der Waals surface area contributed by atoms with Crippen LogP contribution < -0.4 is 5.56 Å². The minimum absolute atomic E-state index is 0.103. The molecular formula is C10H9F3N4O2. The van der Waals surface area contributed by atoms with Crippen molar-refractivity contribution >= 4 is 0 Å². The summed E-state index contributed by atoms with van der Waals surface area (Å²) in [6.07, 6.45) is -4.11. The van der Waals surface area contributed by atoms with Crippen molar-refractivity contribution in [2.45, 2.75) is 26.1 Å². The van der Waals surface area contributed by atoms with Crippen LogP contribution in [0.2, 0.25) is 0 Å². The molecular weight excluding hydrogens is 265 g/mol. The standard InChI is InChI=1S/C10H9F3N4O2/c1-2-8-14-7(16-19-8)5-17-9(18)4-3-6(15-17)10(11,12)13/h3-4H,2,5H2,1H3. The van der Waals surface area contributed by atoms with Gasteiger partial charge in [-0.25, -0.2) is 4.68 Å². The van der Waals surface area contributed by atoms with Crippen molar-refractivity contribution in [3.63, 3.8) is 0 Å². The first-order valence-corrected chi connectivity index (χ1v) is 5.37. The van der Waals surface area contributed by atoms with E-state index in [0.29, 0.717) is 23.1 Å². The van der Waals surface area contributed by atoms with Crippen LogP contribution in [0.15, 0.2) is 21.5 Å². The lowest BCUT2D eigenvalue weighted by atomic mass is 10.4. The highest BCUT2D eigenvalue weighted by Crippen LogP contribution is 2.26. The minimum Gasteiger partial charge on any atom is -0.339 e. The van der Waals surface area contributed by atoms with Gasteiger partial charge in [0, 0.05) is 12.5 Å². The molecule has 0 radical (unpaired) electrons. The first-order valence-electron chi connectivity index (χ1n) is 5.37. The van der Waals surface area contributed by atoms with E-state index in [1.54, 1.807) is 6.92 Å². The summed E-state index contributed by atoms with van der Waals surface area (Å²) in [7, 11) is 0. The normalized spacial score (nSPS) is 11.8. The molecule has 2 heterocycles. The lowest BCUT2D eigenvalue weighted by Gasteiger charge is -2.07. The average molecular weight is 274 g/mol. The highest BCUT2D eigenvalue weighted by molar-refractivity contribution is 5.04. The maximum atomic E-state index is 12.5. The van der Waals surface area contributed by atoms with Crippen LogP contribution in [-0.2, 0) is 19.1 Å². The number of aromatic nitrogens is 4.